The summed E-state index contributed by atoms with van der Waals surface area (Å²) in [7, 11) is 0. The molecule has 0 spiro atoms. The van der Waals surface area contributed by atoms with Gasteiger partial charge in [0.2, 0.25) is 0 Å². The van der Waals surface area contributed by atoms with E-state index in [9.17, 15) is 42.1 Å². The number of anilines is 2. The Morgan fingerprint density at radius 2 is 0.600 bits per heavy atom. The zero-order chi connectivity index (χ0) is 37.7. The van der Waals surface area contributed by atoms with Crippen molar-refractivity contribution in [1.29, 1.82) is 42.1 Å². The Hall–Kier alpha value is -7.08. The number of rotatable bonds is 11. The van der Waals surface area contributed by atoms with Crippen molar-refractivity contribution in [1.82, 2.24) is 0 Å². The van der Waals surface area contributed by atoms with Crippen LogP contribution < -0.4 is 9.80 Å². The topological polar surface area (TPSA) is 197 Å². The lowest BCUT2D eigenvalue weighted by atomic mass is 9.78. The lowest BCUT2D eigenvalue weighted by Gasteiger charge is -2.33. The molecule has 0 heterocycles. The number of benzene rings is 2. The molecule has 246 valence electrons. The Labute approximate surface area is 295 Å². The van der Waals surface area contributed by atoms with Crippen LogP contribution in [-0.4, -0.2) is 24.2 Å². The molecule has 0 aliphatic carbocycles. The van der Waals surface area contributed by atoms with E-state index in [1.807, 2.05) is 79.7 Å². The van der Waals surface area contributed by atoms with Gasteiger partial charge in [-0.15, -0.1) is 0 Å². The van der Waals surface area contributed by atoms with Gasteiger partial charge in [0.1, 0.15) is 70.8 Å². The van der Waals surface area contributed by atoms with Crippen LogP contribution in [0.15, 0.2) is 82.0 Å². The molecule has 0 saturated carbocycles. The third-order valence-corrected chi connectivity index (χ3v) is 7.78. The minimum Gasteiger partial charge on any atom is -0.367 e. The Kier molecular flexibility index (Phi) is 13.9. The van der Waals surface area contributed by atoms with E-state index in [2.05, 4.69) is 9.80 Å². The van der Waals surface area contributed by atoms with Crippen LogP contribution >= 0.6 is 0 Å². The molecule has 0 unspecified atom stereocenters. The minimum absolute atomic E-state index is 0.120. The predicted octanol–water partition coefficient (Wildman–Crippen LogP) is 7.92. The van der Waals surface area contributed by atoms with Crippen molar-refractivity contribution in [3.63, 3.8) is 0 Å². The molecule has 50 heavy (non-hydrogen) atoms. The Bertz CT molecular complexity index is 1850. The van der Waals surface area contributed by atoms with Crippen LogP contribution in [0.2, 0.25) is 0 Å². The molecule has 0 radical (unpaired) electrons. The molecule has 0 saturated heterocycles. The van der Waals surface area contributed by atoms with Gasteiger partial charge < -0.3 is 9.80 Å². The van der Waals surface area contributed by atoms with E-state index in [1.54, 1.807) is 72.8 Å². The fourth-order valence-corrected chi connectivity index (χ4v) is 6.11. The molecule has 0 amide bonds. The highest BCUT2D eigenvalue weighted by atomic mass is 15.2. The van der Waals surface area contributed by atoms with Crippen molar-refractivity contribution in [2.45, 2.75) is 79.6 Å². The van der Waals surface area contributed by atoms with E-state index in [-0.39, 0.29) is 46.4 Å². The molecule has 0 aromatic heterocycles. The van der Waals surface area contributed by atoms with E-state index in [4.69, 9.17) is 0 Å². The molecular weight excluding hydrogens is 621 g/mol. The second-order valence-electron chi connectivity index (χ2n) is 12.2. The van der Waals surface area contributed by atoms with Gasteiger partial charge in [0.25, 0.3) is 0 Å². The Morgan fingerprint density at radius 3 is 0.780 bits per heavy atom. The molecule has 10 nitrogen and oxygen atoms in total. The van der Waals surface area contributed by atoms with Gasteiger partial charge in [-0.05, 0) is 90.8 Å². The molecule has 0 bridgehead atoms. The zero-order valence-corrected chi connectivity index (χ0v) is 29.4. The maximum Gasteiger partial charge on any atom is 0.138 e. The average Bonchev–Trinajstić information content (AvgIpc) is 3.08. The molecule has 2 aromatic carbocycles. The highest BCUT2D eigenvalue weighted by Gasteiger charge is 2.31. The first kappa shape index (κ1) is 39.1. The maximum atomic E-state index is 10.3. The van der Waals surface area contributed by atoms with Gasteiger partial charge in [-0.3, -0.25) is 0 Å². The summed E-state index contributed by atoms with van der Waals surface area (Å²) in [5, 5.41) is 81.9. The highest BCUT2D eigenvalue weighted by molar-refractivity contribution is 6.03. The van der Waals surface area contributed by atoms with Crippen molar-refractivity contribution < 1.29 is 0 Å². The van der Waals surface area contributed by atoms with E-state index < -0.39 is 33.4 Å². The van der Waals surface area contributed by atoms with Gasteiger partial charge in [0.05, 0.1) is 0 Å². The molecule has 2 aromatic rings. The molecule has 10 heteroatoms. The van der Waals surface area contributed by atoms with Crippen molar-refractivity contribution >= 4 is 22.5 Å². The van der Waals surface area contributed by atoms with Crippen molar-refractivity contribution in [2.24, 2.45) is 0 Å². The molecule has 0 fully saturated rings. The fraction of sp³-hybridized carbons (Fsp3) is 0.300. The van der Waals surface area contributed by atoms with Gasteiger partial charge in [0, 0.05) is 57.8 Å². The summed E-state index contributed by atoms with van der Waals surface area (Å²) >= 11 is 0. The van der Waals surface area contributed by atoms with Crippen LogP contribution in [0.4, 0.5) is 11.4 Å². The third-order valence-electron chi connectivity index (χ3n) is 7.78. The predicted molar refractivity (Wildman–Crippen MR) is 191 cm³/mol. The molecule has 0 atom stereocenters. The van der Waals surface area contributed by atoms with Gasteiger partial charge in [-0.2, -0.15) is 42.1 Å². The van der Waals surface area contributed by atoms with Crippen LogP contribution in [0.5, 0.6) is 0 Å². The summed E-state index contributed by atoms with van der Waals surface area (Å²) < 4.78 is 0. The summed E-state index contributed by atoms with van der Waals surface area (Å²) in [5.74, 6) is 0. The van der Waals surface area contributed by atoms with Gasteiger partial charge in [-0.1, -0.05) is 24.3 Å². The Balaban J connectivity index is 3.27. The lowest BCUT2D eigenvalue weighted by Crippen LogP contribution is -2.36. The minimum atomic E-state index is -0.647. The fourth-order valence-electron chi connectivity index (χ4n) is 6.11. The second-order valence-corrected chi connectivity index (χ2v) is 12.2. The highest BCUT2D eigenvalue weighted by Crippen LogP contribution is 2.43. The largest absolute Gasteiger partial charge is 0.367 e. The van der Waals surface area contributed by atoms with Crippen molar-refractivity contribution in [3.8, 4) is 48.6 Å². The summed E-state index contributed by atoms with van der Waals surface area (Å²) in [5.41, 5.74) is -1.50. The van der Waals surface area contributed by atoms with Crippen LogP contribution in [0.1, 0.15) is 66.5 Å². The maximum absolute atomic E-state index is 10.3. The van der Waals surface area contributed by atoms with E-state index in [0.717, 1.165) is 11.4 Å². The van der Waals surface area contributed by atoms with E-state index >= 15 is 0 Å². The summed E-state index contributed by atoms with van der Waals surface area (Å²) in [4.78, 5) is 4.28. The monoisotopic (exact) mass is 656 g/mol. The number of nitriles is 8. The smallest absolute Gasteiger partial charge is 0.138 e. The average molecular weight is 657 g/mol. The van der Waals surface area contributed by atoms with E-state index in [1.165, 1.54) is 0 Å². The third kappa shape index (κ3) is 8.25. The van der Waals surface area contributed by atoms with Crippen molar-refractivity contribution in [3.05, 3.63) is 93.1 Å². The number of nitrogens with zero attached hydrogens (tertiary/aromatic N) is 10. The normalized spacial score (nSPS) is 9.76. The molecule has 0 aliphatic heterocycles. The van der Waals surface area contributed by atoms with Crippen LogP contribution in [0.25, 0.3) is 11.1 Å². The first-order chi connectivity index (χ1) is 23.8. The first-order valence-electron chi connectivity index (χ1n) is 15.8. The Morgan fingerprint density at radius 1 is 0.380 bits per heavy atom. The number of hydrogen-bond donors (Lipinski definition) is 0. The summed E-state index contributed by atoms with van der Waals surface area (Å²) in [6.45, 7) is 16.3. The zero-order valence-electron chi connectivity index (χ0n) is 29.4. The standard InChI is InChI=1S/C40H36N10/c1-25(2)49(26(3)4)35-13-9-29(10-14-35)37(31(17-41)18-42)39(33(21-45)22-46)40(34(23-47)24-48)38(32(19-43)20-44)30-11-15-36(16-12-30)50(27(5)6)28(7)8/h9-16,25-28H,1-8H3. The van der Waals surface area contributed by atoms with Gasteiger partial charge in [0.15, 0.2) is 0 Å². The quantitative estimate of drug-likeness (QED) is 0.169. The molecular formula is C40H36N10. The van der Waals surface area contributed by atoms with Crippen molar-refractivity contribution in [2.75, 3.05) is 9.80 Å². The van der Waals surface area contributed by atoms with Gasteiger partial charge >= 0.3 is 0 Å². The lowest BCUT2D eigenvalue weighted by molar-refractivity contribution is 0.608. The molecule has 2 rings (SSSR count). The molecule has 0 aliphatic rings. The van der Waals surface area contributed by atoms with Crippen LogP contribution in [-0.2, 0) is 0 Å². The van der Waals surface area contributed by atoms with E-state index in [0.29, 0.717) is 0 Å². The van der Waals surface area contributed by atoms with Crippen LogP contribution in [0.3, 0.4) is 0 Å². The molecule has 0 N–H and O–H groups in total. The second kappa shape index (κ2) is 17.7. The van der Waals surface area contributed by atoms with Crippen LogP contribution in [0, 0.1) is 90.6 Å². The summed E-state index contributed by atoms with van der Waals surface area (Å²) in [6, 6.07) is 28.4. The SMILES string of the molecule is CC(C)N(c1ccc(C(=C(C#N)C#N)C(=C(C#N)C#N)C(=C(C#N)C#N)C(=C(C#N)C#N)c2ccc(N(C(C)C)C(C)C)cc2)cc1)C(C)C. The number of allylic oxidation sites excluding steroid dienone is 8. The first-order valence-corrected chi connectivity index (χ1v) is 15.8. The summed E-state index contributed by atoms with van der Waals surface area (Å²) in [6.07, 6.45) is 0. The van der Waals surface area contributed by atoms with Gasteiger partial charge in [-0.25, -0.2) is 0 Å². The number of hydrogen-bond acceptors (Lipinski definition) is 10.